The Hall–Kier alpha value is -1.01. The van der Waals surface area contributed by atoms with E-state index in [1.54, 1.807) is 25.1 Å². The van der Waals surface area contributed by atoms with Gasteiger partial charge >= 0.3 is 0 Å². The van der Waals surface area contributed by atoms with Crippen LogP contribution in [-0.4, -0.2) is 5.25 Å². The smallest absolute Gasteiger partial charge is 0.136 e. The summed E-state index contributed by atoms with van der Waals surface area (Å²) in [5.74, 6) is -0.260. The average Bonchev–Trinajstić information content (AvgIpc) is 2.09. The molecular formula is C9H8FNS. The summed E-state index contributed by atoms with van der Waals surface area (Å²) in [6.45, 7) is 1.75. The number of benzene rings is 1. The van der Waals surface area contributed by atoms with Gasteiger partial charge in [-0.25, -0.2) is 4.39 Å². The summed E-state index contributed by atoms with van der Waals surface area (Å²) < 4.78 is 13.0. The van der Waals surface area contributed by atoms with Gasteiger partial charge in [0, 0.05) is 4.90 Å². The standard InChI is InChI=1S/C9H8FNS/c1-7(6-11)12-9-5-3-2-4-8(9)10/h2-5,7H,1H3. The molecule has 0 bridgehead atoms. The minimum Gasteiger partial charge on any atom is -0.206 e. The van der Waals surface area contributed by atoms with Crippen LogP contribution in [0.3, 0.4) is 0 Å². The molecule has 0 aromatic heterocycles. The van der Waals surface area contributed by atoms with Crippen LogP contribution in [0.15, 0.2) is 29.2 Å². The number of nitriles is 1. The predicted octanol–water partition coefficient (Wildman–Crippen LogP) is 2.83. The van der Waals surface area contributed by atoms with E-state index in [2.05, 4.69) is 0 Å². The fraction of sp³-hybridized carbons (Fsp3) is 0.222. The van der Waals surface area contributed by atoms with Crippen LogP contribution in [0.4, 0.5) is 4.39 Å². The molecule has 0 aliphatic rings. The highest BCUT2D eigenvalue weighted by atomic mass is 32.2. The Bertz CT molecular complexity index is 306. The van der Waals surface area contributed by atoms with Gasteiger partial charge in [-0.3, -0.25) is 0 Å². The Balaban J connectivity index is 2.77. The van der Waals surface area contributed by atoms with Crippen molar-refractivity contribution < 1.29 is 4.39 Å². The molecular weight excluding hydrogens is 173 g/mol. The lowest BCUT2D eigenvalue weighted by Gasteiger charge is -2.02. The molecule has 0 aliphatic carbocycles. The highest BCUT2D eigenvalue weighted by molar-refractivity contribution is 8.00. The SMILES string of the molecule is CC(C#N)Sc1ccccc1F. The summed E-state index contributed by atoms with van der Waals surface area (Å²) in [5, 5.41) is 8.29. The first kappa shape index (κ1) is 9.08. The topological polar surface area (TPSA) is 23.8 Å². The lowest BCUT2D eigenvalue weighted by molar-refractivity contribution is 0.602. The normalized spacial score (nSPS) is 12.1. The van der Waals surface area contributed by atoms with E-state index in [1.807, 2.05) is 6.07 Å². The largest absolute Gasteiger partial charge is 0.206 e. The molecule has 0 saturated heterocycles. The molecule has 0 saturated carbocycles. The molecule has 1 unspecified atom stereocenters. The lowest BCUT2D eigenvalue weighted by atomic mass is 10.3. The molecule has 1 nitrogen and oxygen atoms in total. The third kappa shape index (κ3) is 2.24. The zero-order valence-corrected chi connectivity index (χ0v) is 7.44. The summed E-state index contributed by atoms with van der Waals surface area (Å²) >= 11 is 1.23. The lowest BCUT2D eigenvalue weighted by Crippen LogP contribution is -1.90. The highest BCUT2D eigenvalue weighted by Gasteiger charge is 2.05. The minimum atomic E-state index is -0.260. The van der Waals surface area contributed by atoms with Crippen LogP contribution in [0.2, 0.25) is 0 Å². The molecule has 0 aliphatic heterocycles. The number of hydrogen-bond acceptors (Lipinski definition) is 2. The van der Waals surface area contributed by atoms with Crippen LogP contribution >= 0.6 is 11.8 Å². The summed E-state index contributed by atoms with van der Waals surface area (Å²) in [4.78, 5) is 0.534. The van der Waals surface area contributed by atoms with Gasteiger partial charge in [0.15, 0.2) is 0 Å². The molecule has 0 radical (unpaired) electrons. The second-order valence-corrected chi connectivity index (χ2v) is 3.70. The predicted molar refractivity (Wildman–Crippen MR) is 47.3 cm³/mol. The van der Waals surface area contributed by atoms with Crippen molar-refractivity contribution in [1.82, 2.24) is 0 Å². The first-order chi connectivity index (χ1) is 5.74. The van der Waals surface area contributed by atoms with Crippen molar-refractivity contribution in [2.75, 3.05) is 0 Å². The van der Waals surface area contributed by atoms with Crippen LogP contribution < -0.4 is 0 Å². The van der Waals surface area contributed by atoms with E-state index in [4.69, 9.17) is 5.26 Å². The second kappa shape index (κ2) is 4.13. The molecule has 62 valence electrons. The van der Waals surface area contributed by atoms with Crippen molar-refractivity contribution in [2.45, 2.75) is 17.1 Å². The van der Waals surface area contributed by atoms with E-state index in [0.717, 1.165) is 0 Å². The first-order valence-corrected chi connectivity index (χ1v) is 4.43. The zero-order valence-electron chi connectivity index (χ0n) is 6.62. The highest BCUT2D eigenvalue weighted by Crippen LogP contribution is 2.24. The maximum Gasteiger partial charge on any atom is 0.136 e. The molecule has 0 N–H and O–H groups in total. The van der Waals surface area contributed by atoms with E-state index in [-0.39, 0.29) is 11.1 Å². The number of nitrogens with zero attached hydrogens (tertiary/aromatic N) is 1. The first-order valence-electron chi connectivity index (χ1n) is 3.55. The van der Waals surface area contributed by atoms with Gasteiger partial charge in [-0.1, -0.05) is 12.1 Å². The number of rotatable bonds is 2. The third-order valence-electron chi connectivity index (χ3n) is 1.32. The fourth-order valence-electron chi connectivity index (χ4n) is 0.757. The molecule has 0 heterocycles. The van der Waals surface area contributed by atoms with Crippen molar-refractivity contribution >= 4 is 11.8 Å². The van der Waals surface area contributed by atoms with E-state index in [9.17, 15) is 4.39 Å². The van der Waals surface area contributed by atoms with Crippen molar-refractivity contribution in [3.63, 3.8) is 0 Å². The maximum absolute atomic E-state index is 13.0. The summed E-state index contributed by atoms with van der Waals surface area (Å²) in [7, 11) is 0. The Morgan fingerprint density at radius 1 is 1.50 bits per heavy atom. The van der Waals surface area contributed by atoms with Gasteiger partial charge in [0.25, 0.3) is 0 Å². The van der Waals surface area contributed by atoms with Crippen LogP contribution in [-0.2, 0) is 0 Å². The van der Waals surface area contributed by atoms with E-state index in [1.165, 1.54) is 17.8 Å². The van der Waals surface area contributed by atoms with Crippen LogP contribution in [0.5, 0.6) is 0 Å². The van der Waals surface area contributed by atoms with Gasteiger partial charge in [-0.05, 0) is 19.1 Å². The van der Waals surface area contributed by atoms with Crippen molar-refractivity contribution in [3.8, 4) is 6.07 Å². The van der Waals surface area contributed by atoms with E-state index >= 15 is 0 Å². The number of thioether (sulfide) groups is 1. The monoisotopic (exact) mass is 181 g/mol. The summed E-state index contributed by atoms with van der Waals surface area (Å²) in [5.41, 5.74) is 0. The number of halogens is 1. The van der Waals surface area contributed by atoms with Crippen LogP contribution in [0.25, 0.3) is 0 Å². The average molecular weight is 181 g/mol. The van der Waals surface area contributed by atoms with E-state index < -0.39 is 0 Å². The van der Waals surface area contributed by atoms with Gasteiger partial charge in [-0.15, -0.1) is 11.8 Å². The Labute approximate surface area is 75.2 Å². The Morgan fingerprint density at radius 3 is 2.75 bits per heavy atom. The molecule has 12 heavy (non-hydrogen) atoms. The van der Waals surface area contributed by atoms with Gasteiger partial charge < -0.3 is 0 Å². The molecule has 0 fully saturated rings. The molecule has 1 atom stereocenters. The maximum atomic E-state index is 13.0. The van der Waals surface area contributed by atoms with Gasteiger partial charge in [0.05, 0.1) is 11.3 Å². The third-order valence-corrected chi connectivity index (χ3v) is 2.37. The summed E-state index contributed by atoms with van der Waals surface area (Å²) in [6.07, 6.45) is 0. The molecule has 0 amide bonds. The Kier molecular flexibility index (Phi) is 3.12. The molecule has 1 aromatic carbocycles. The molecule has 3 heteroatoms. The quantitative estimate of drug-likeness (QED) is 0.655. The van der Waals surface area contributed by atoms with Crippen molar-refractivity contribution in [1.29, 1.82) is 5.26 Å². The fourth-order valence-corrected chi connectivity index (χ4v) is 1.53. The van der Waals surface area contributed by atoms with Crippen molar-refractivity contribution in [2.24, 2.45) is 0 Å². The Morgan fingerprint density at radius 2 is 2.17 bits per heavy atom. The van der Waals surface area contributed by atoms with E-state index in [0.29, 0.717) is 4.90 Å². The van der Waals surface area contributed by atoms with Gasteiger partial charge in [-0.2, -0.15) is 5.26 Å². The zero-order chi connectivity index (χ0) is 8.97. The minimum absolute atomic E-state index is 0.207. The molecule has 1 aromatic rings. The molecule has 0 spiro atoms. The van der Waals surface area contributed by atoms with Crippen LogP contribution in [0.1, 0.15) is 6.92 Å². The summed E-state index contributed by atoms with van der Waals surface area (Å²) in [6, 6.07) is 8.50. The number of hydrogen-bond donors (Lipinski definition) is 0. The van der Waals surface area contributed by atoms with Crippen molar-refractivity contribution in [3.05, 3.63) is 30.1 Å². The van der Waals surface area contributed by atoms with Gasteiger partial charge in [0.1, 0.15) is 5.82 Å². The van der Waals surface area contributed by atoms with Gasteiger partial charge in [0.2, 0.25) is 0 Å². The second-order valence-electron chi connectivity index (χ2n) is 2.32. The van der Waals surface area contributed by atoms with Crippen LogP contribution in [0, 0.1) is 17.1 Å². The molecule has 1 rings (SSSR count).